The minimum atomic E-state index is 0.0217. The average Bonchev–Trinajstić information content (AvgIpc) is 3.13. The molecule has 3 nitrogen and oxygen atoms in total. The molecule has 19 heavy (non-hydrogen) atoms. The molecule has 1 aliphatic rings. The molecule has 1 aromatic heterocycles. The molecule has 1 saturated carbocycles. The Morgan fingerprint density at radius 3 is 2.79 bits per heavy atom. The summed E-state index contributed by atoms with van der Waals surface area (Å²) in [7, 11) is 0. The van der Waals surface area contributed by atoms with Crippen LogP contribution in [0.15, 0.2) is 41.0 Å². The first-order valence-electron chi connectivity index (χ1n) is 6.46. The summed E-state index contributed by atoms with van der Waals surface area (Å²) in [6.07, 6.45) is 4.04. The number of aliphatic hydroxyl groups is 1. The zero-order chi connectivity index (χ0) is 13.2. The maximum atomic E-state index is 9.49. The van der Waals surface area contributed by atoms with Gasteiger partial charge in [0.15, 0.2) is 0 Å². The van der Waals surface area contributed by atoms with Gasteiger partial charge >= 0.3 is 0 Å². The van der Waals surface area contributed by atoms with E-state index in [1.807, 2.05) is 30.3 Å². The van der Waals surface area contributed by atoms with Crippen LogP contribution in [-0.2, 0) is 13.2 Å². The van der Waals surface area contributed by atoms with Crippen LogP contribution < -0.4 is 4.90 Å². The Morgan fingerprint density at radius 1 is 1.32 bits per heavy atom. The van der Waals surface area contributed by atoms with E-state index in [-0.39, 0.29) is 6.61 Å². The summed E-state index contributed by atoms with van der Waals surface area (Å²) in [5.74, 6) is 0.927. The molecule has 1 aromatic carbocycles. The Morgan fingerprint density at radius 2 is 2.16 bits per heavy atom. The third-order valence-electron chi connectivity index (χ3n) is 3.42. The van der Waals surface area contributed by atoms with Crippen LogP contribution in [0.2, 0.25) is 5.02 Å². The second-order valence-corrected chi connectivity index (χ2v) is 5.31. The third-order valence-corrected chi connectivity index (χ3v) is 3.66. The van der Waals surface area contributed by atoms with E-state index >= 15 is 0 Å². The first kappa shape index (κ1) is 12.6. The van der Waals surface area contributed by atoms with Crippen LogP contribution in [0.4, 0.5) is 5.69 Å². The molecular formula is C15H16ClNO2. The predicted molar refractivity (Wildman–Crippen MR) is 75.3 cm³/mol. The molecule has 0 saturated heterocycles. The molecule has 4 heteroatoms. The van der Waals surface area contributed by atoms with Gasteiger partial charge < -0.3 is 14.4 Å². The Kier molecular flexibility index (Phi) is 3.49. The van der Waals surface area contributed by atoms with Gasteiger partial charge in [0.05, 0.1) is 19.4 Å². The van der Waals surface area contributed by atoms with Crippen molar-refractivity contribution in [2.45, 2.75) is 32.0 Å². The van der Waals surface area contributed by atoms with Crippen LogP contribution in [0, 0.1) is 0 Å². The third kappa shape index (κ3) is 2.77. The van der Waals surface area contributed by atoms with E-state index in [9.17, 15) is 5.11 Å². The van der Waals surface area contributed by atoms with E-state index in [0.717, 1.165) is 17.0 Å². The Labute approximate surface area is 117 Å². The smallest absolute Gasteiger partial charge is 0.123 e. The minimum absolute atomic E-state index is 0.0217. The van der Waals surface area contributed by atoms with Crippen molar-refractivity contribution in [3.63, 3.8) is 0 Å². The number of nitrogens with zero attached hydrogens (tertiary/aromatic N) is 1. The van der Waals surface area contributed by atoms with Gasteiger partial charge in [-0.1, -0.05) is 17.7 Å². The van der Waals surface area contributed by atoms with Gasteiger partial charge in [0.1, 0.15) is 5.76 Å². The van der Waals surface area contributed by atoms with Crippen LogP contribution in [0.5, 0.6) is 0 Å². The largest absolute Gasteiger partial charge is 0.467 e. The van der Waals surface area contributed by atoms with Crippen LogP contribution in [0.25, 0.3) is 0 Å². The number of furan rings is 1. The van der Waals surface area contributed by atoms with Gasteiger partial charge in [-0.3, -0.25) is 0 Å². The maximum Gasteiger partial charge on any atom is 0.123 e. The summed E-state index contributed by atoms with van der Waals surface area (Å²) < 4.78 is 5.43. The first-order chi connectivity index (χ1) is 9.28. The topological polar surface area (TPSA) is 36.6 Å². The first-order valence-corrected chi connectivity index (χ1v) is 6.84. The lowest BCUT2D eigenvalue weighted by Gasteiger charge is -2.26. The van der Waals surface area contributed by atoms with Gasteiger partial charge in [-0.2, -0.15) is 0 Å². The van der Waals surface area contributed by atoms with Gasteiger partial charge in [-0.05, 0) is 37.1 Å². The lowest BCUT2D eigenvalue weighted by Crippen LogP contribution is -2.26. The highest BCUT2D eigenvalue weighted by Gasteiger charge is 2.31. The van der Waals surface area contributed by atoms with Gasteiger partial charge in [-0.15, -0.1) is 0 Å². The van der Waals surface area contributed by atoms with Crippen LogP contribution in [0.3, 0.4) is 0 Å². The highest BCUT2D eigenvalue weighted by molar-refractivity contribution is 6.30. The molecule has 0 bridgehead atoms. The molecule has 2 aromatic rings. The Bertz CT molecular complexity index is 549. The van der Waals surface area contributed by atoms with Crippen molar-refractivity contribution in [1.82, 2.24) is 0 Å². The quantitative estimate of drug-likeness (QED) is 0.907. The fourth-order valence-electron chi connectivity index (χ4n) is 2.31. The van der Waals surface area contributed by atoms with Gasteiger partial charge in [0.2, 0.25) is 0 Å². The summed E-state index contributed by atoms with van der Waals surface area (Å²) in [5.41, 5.74) is 1.91. The fraction of sp³-hybridized carbons (Fsp3) is 0.333. The van der Waals surface area contributed by atoms with E-state index in [1.54, 1.807) is 6.26 Å². The van der Waals surface area contributed by atoms with Gasteiger partial charge in [-0.25, -0.2) is 0 Å². The van der Waals surface area contributed by atoms with E-state index in [4.69, 9.17) is 16.0 Å². The van der Waals surface area contributed by atoms with Gasteiger partial charge in [0, 0.05) is 22.3 Å². The van der Waals surface area contributed by atoms with E-state index in [2.05, 4.69) is 4.90 Å². The molecular weight excluding hydrogens is 262 g/mol. The van der Waals surface area contributed by atoms with Crippen molar-refractivity contribution in [2.24, 2.45) is 0 Å². The van der Waals surface area contributed by atoms with E-state index in [0.29, 0.717) is 17.6 Å². The molecule has 1 N–H and O–H groups in total. The summed E-state index contributed by atoms with van der Waals surface area (Å²) in [5, 5.41) is 10.2. The molecule has 1 fully saturated rings. The zero-order valence-corrected chi connectivity index (χ0v) is 11.3. The number of aliphatic hydroxyl groups excluding tert-OH is 1. The molecule has 0 atom stereocenters. The summed E-state index contributed by atoms with van der Waals surface area (Å²) in [6.45, 7) is 0.735. The van der Waals surface area contributed by atoms with Crippen molar-refractivity contribution < 1.29 is 9.52 Å². The number of halogens is 1. The normalized spacial score (nSPS) is 14.6. The van der Waals surface area contributed by atoms with Crippen molar-refractivity contribution in [1.29, 1.82) is 0 Å². The number of anilines is 1. The van der Waals surface area contributed by atoms with Crippen molar-refractivity contribution in [2.75, 3.05) is 4.90 Å². The van der Waals surface area contributed by atoms with E-state index in [1.165, 1.54) is 12.8 Å². The number of hydrogen-bond acceptors (Lipinski definition) is 3. The fourth-order valence-corrected chi connectivity index (χ4v) is 2.47. The minimum Gasteiger partial charge on any atom is -0.467 e. The SMILES string of the molecule is OCc1ccc(Cl)cc1N(Cc1ccco1)C1CC1. The molecule has 0 amide bonds. The molecule has 0 unspecified atom stereocenters. The number of hydrogen-bond donors (Lipinski definition) is 1. The van der Waals surface area contributed by atoms with E-state index < -0.39 is 0 Å². The Balaban J connectivity index is 1.93. The second kappa shape index (κ2) is 5.27. The molecule has 100 valence electrons. The molecule has 0 radical (unpaired) electrons. The number of benzene rings is 1. The predicted octanol–water partition coefficient (Wildman–Crippen LogP) is 3.59. The zero-order valence-electron chi connectivity index (χ0n) is 10.6. The molecule has 0 spiro atoms. The highest BCUT2D eigenvalue weighted by Crippen LogP contribution is 2.36. The molecule has 0 aliphatic heterocycles. The highest BCUT2D eigenvalue weighted by atomic mass is 35.5. The monoisotopic (exact) mass is 277 g/mol. The number of rotatable bonds is 5. The second-order valence-electron chi connectivity index (χ2n) is 4.87. The van der Waals surface area contributed by atoms with Crippen molar-refractivity contribution >= 4 is 17.3 Å². The van der Waals surface area contributed by atoms with Crippen molar-refractivity contribution in [3.05, 3.63) is 52.9 Å². The lowest BCUT2D eigenvalue weighted by molar-refractivity contribution is 0.282. The molecule has 1 heterocycles. The standard InChI is InChI=1S/C15H16ClNO2/c16-12-4-3-11(10-18)15(8-12)17(13-5-6-13)9-14-2-1-7-19-14/h1-4,7-8,13,18H,5-6,9-10H2. The molecule has 3 rings (SSSR count). The average molecular weight is 278 g/mol. The summed E-state index contributed by atoms with van der Waals surface area (Å²) in [4.78, 5) is 2.27. The van der Waals surface area contributed by atoms with Crippen molar-refractivity contribution in [3.8, 4) is 0 Å². The van der Waals surface area contributed by atoms with Crippen LogP contribution in [-0.4, -0.2) is 11.1 Å². The summed E-state index contributed by atoms with van der Waals surface area (Å²) in [6, 6.07) is 10.0. The van der Waals surface area contributed by atoms with Gasteiger partial charge in [0.25, 0.3) is 0 Å². The molecule has 1 aliphatic carbocycles. The van der Waals surface area contributed by atoms with Crippen LogP contribution in [0.1, 0.15) is 24.2 Å². The maximum absolute atomic E-state index is 9.49. The lowest BCUT2D eigenvalue weighted by atomic mass is 10.1. The summed E-state index contributed by atoms with van der Waals surface area (Å²) >= 11 is 6.09. The Hall–Kier alpha value is -1.45. The van der Waals surface area contributed by atoms with Crippen LogP contribution >= 0.6 is 11.6 Å².